The van der Waals surface area contributed by atoms with Gasteiger partial charge in [-0.3, -0.25) is 9.89 Å². The molecular weight excluding hydrogens is 386 g/mol. The van der Waals surface area contributed by atoms with Gasteiger partial charge >= 0.3 is 0 Å². The van der Waals surface area contributed by atoms with Crippen molar-refractivity contribution in [3.05, 3.63) is 54.6 Å². The molecule has 140 valence electrons. The van der Waals surface area contributed by atoms with Crippen LogP contribution in [0.25, 0.3) is 11.4 Å². The smallest absolute Gasteiger partial charge is 0.238 e. The maximum atomic E-state index is 12.3. The number of aromatic nitrogens is 3. The zero-order chi connectivity index (χ0) is 19.4. The van der Waals surface area contributed by atoms with Gasteiger partial charge in [0.25, 0.3) is 0 Å². The van der Waals surface area contributed by atoms with E-state index in [-0.39, 0.29) is 10.8 Å². The minimum absolute atomic E-state index is 0.0166. The first-order chi connectivity index (χ1) is 12.8. The normalized spacial score (nSPS) is 12.5. The van der Waals surface area contributed by atoms with E-state index in [2.05, 4.69) is 20.5 Å². The highest BCUT2D eigenvalue weighted by Crippen LogP contribution is 2.23. The highest BCUT2D eigenvalue weighted by molar-refractivity contribution is 8.00. The van der Waals surface area contributed by atoms with Crippen LogP contribution in [0, 0.1) is 0 Å². The molecule has 0 spiro atoms. The number of hydrogen-bond donors (Lipinski definition) is 3. The molecule has 0 aliphatic rings. The summed E-state index contributed by atoms with van der Waals surface area (Å²) in [4.78, 5) is 16.7. The molecule has 8 nitrogen and oxygen atoms in total. The first-order valence-corrected chi connectivity index (χ1v) is 10.3. The first-order valence-electron chi connectivity index (χ1n) is 7.91. The average molecular weight is 403 g/mol. The van der Waals surface area contributed by atoms with Gasteiger partial charge in [-0.25, -0.2) is 18.5 Å². The molecule has 1 aromatic heterocycles. The Morgan fingerprint density at radius 3 is 2.44 bits per heavy atom. The molecule has 10 heteroatoms. The number of nitrogens with two attached hydrogens (primary N) is 1. The minimum Gasteiger partial charge on any atom is -0.325 e. The number of aromatic amines is 1. The van der Waals surface area contributed by atoms with Gasteiger partial charge in [0.05, 0.1) is 10.1 Å². The van der Waals surface area contributed by atoms with Crippen molar-refractivity contribution in [1.82, 2.24) is 15.2 Å². The standard InChI is InChI=1S/C17H17N5O3S2/c1-11(16(23)19-13-7-9-14(10-8-13)27(18,24)25)26-17-20-15(21-22-17)12-5-3-2-4-6-12/h2-11H,1H3,(H,19,23)(H2,18,24,25)(H,20,21,22). The molecule has 0 bridgehead atoms. The Bertz CT molecular complexity index is 1030. The SMILES string of the molecule is CC(Sc1n[nH]c(-c2ccccc2)n1)C(=O)Nc1ccc(S(N)(=O)=O)cc1. The van der Waals surface area contributed by atoms with E-state index in [0.717, 1.165) is 5.56 Å². The molecule has 0 aliphatic heterocycles. The van der Waals surface area contributed by atoms with E-state index in [4.69, 9.17) is 5.14 Å². The van der Waals surface area contributed by atoms with E-state index in [1.807, 2.05) is 30.3 Å². The number of carbonyl (C=O) groups is 1. The van der Waals surface area contributed by atoms with Crippen molar-refractivity contribution in [3.63, 3.8) is 0 Å². The topological polar surface area (TPSA) is 131 Å². The molecule has 0 saturated carbocycles. The van der Waals surface area contributed by atoms with Crippen LogP contribution in [0.4, 0.5) is 5.69 Å². The largest absolute Gasteiger partial charge is 0.325 e. The van der Waals surface area contributed by atoms with Crippen molar-refractivity contribution in [2.45, 2.75) is 22.2 Å². The van der Waals surface area contributed by atoms with E-state index >= 15 is 0 Å². The Kier molecular flexibility index (Phi) is 5.59. The van der Waals surface area contributed by atoms with Gasteiger partial charge < -0.3 is 5.32 Å². The number of nitrogens with one attached hydrogen (secondary N) is 2. The van der Waals surface area contributed by atoms with Crippen LogP contribution in [0.5, 0.6) is 0 Å². The zero-order valence-electron chi connectivity index (χ0n) is 14.3. The molecule has 1 heterocycles. The number of amides is 1. The Morgan fingerprint density at radius 1 is 1.15 bits per heavy atom. The molecule has 2 aromatic carbocycles. The molecule has 3 rings (SSSR count). The lowest BCUT2D eigenvalue weighted by molar-refractivity contribution is -0.115. The number of carbonyl (C=O) groups excluding carboxylic acids is 1. The highest BCUT2D eigenvalue weighted by atomic mass is 32.2. The Labute approximate surface area is 160 Å². The van der Waals surface area contributed by atoms with Crippen molar-refractivity contribution in [2.24, 2.45) is 5.14 Å². The van der Waals surface area contributed by atoms with Gasteiger partial charge in [0.2, 0.25) is 21.1 Å². The molecule has 4 N–H and O–H groups in total. The fourth-order valence-electron chi connectivity index (χ4n) is 2.21. The predicted molar refractivity (Wildman–Crippen MR) is 104 cm³/mol. The predicted octanol–water partition coefficient (Wildman–Crippen LogP) is 2.24. The number of thioether (sulfide) groups is 1. The molecule has 1 atom stereocenters. The van der Waals surface area contributed by atoms with Crippen LogP contribution in [0.1, 0.15) is 6.92 Å². The van der Waals surface area contributed by atoms with Crippen molar-refractivity contribution in [2.75, 3.05) is 5.32 Å². The minimum atomic E-state index is -3.76. The van der Waals surface area contributed by atoms with Gasteiger partial charge in [0, 0.05) is 11.3 Å². The number of rotatable bonds is 6. The van der Waals surface area contributed by atoms with E-state index < -0.39 is 15.3 Å². The molecule has 27 heavy (non-hydrogen) atoms. The van der Waals surface area contributed by atoms with E-state index in [1.54, 1.807) is 6.92 Å². The molecule has 1 unspecified atom stereocenters. The summed E-state index contributed by atoms with van der Waals surface area (Å²) < 4.78 is 22.5. The van der Waals surface area contributed by atoms with Crippen LogP contribution >= 0.6 is 11.8 Å². The van der Waals surface area contributed by atoms with E-state index in [9.17, 15) is 13.2 Å². The van der Waals surface area contributed by atoms with Gasteiger partial charge in [0.1, 0.15) is 0 Å². The van der Waals surface area contributed by atoms with Gasteiger partial charge in [-0.2, -0.15) is 0 Å². The van der Waals surface area contributed by atoms with Crippen LogP contribution in [0.3, 0.4) is 0 Å². The molecule has 0 radical (unpaired) electrons. The molecule has 0 saturated heterocycles. The maximum Gasteiger partial charge on any atom is 0.238 e. The van der Waals surface area contributed by atoms with E-state index in [0.29, 0.717) is 16.7 Å². The number of anilines is 1. The summed E-state index contributed by atoms with van der Waals surface area (Å²) in [5, 5.41) is 14.8. The van der Waals surface area contributed by atoms with Crippen LogP contribution in [0.15, 0.2) is 64.6 Å². The Balaban J connectivity index is 1.62. The number of sulfonamides is 1. The van der Waals surface area contributed by atoms with Crippen LogP contribution in [-0.4, -0.2) is 34.8 Å². The summed E-state index contributed by atoms with van der Waals surface area (Å²) >= 11 is 1.21. The van der Waals surface area contributed by atoms with Crippen LogP contribution in [-0.2, 0) is 14.8 Å². The second-order valence-electron chi connectivity index (χ2n) is 5.65. The van der Waals surface area contributed by atoms with Gasteiger partial charge in [-0.05, 0) is 31.2 Å². The summed E-state index contributed by atoms with van der Waals surface area (Å²) in [7, 11) is -3.76. The fourth-order valence-corrected chi connectivity index (χ4v) is 3.45. The highest BCUT2D eigenvalue weighted by Gasteiger charge is 2.18. The number of H-pyrrole nitrogens is 1. The molecule has 3 aromatic rings. The molecular formula is C17H17N5O3S2. The molecule has 0 fully saturated rings. The molecule has 0 aliphatic carbocycles. The van der Waals surface area contributed by atoms with E-state index in [1.165, 1.54) is 36.0 Å². The van der Waals surface area contributed by atoms with Gasteiger partial charge in [-0.15, -0.1) is 5.10 Å². The monoisotopic (exact) mass is 403 g/mol. The summed E-state index contributed by atoms with van der Waals surface area (Å²) in [6.07, 6.45) is 0. The Morgan fingerprint density at radius 2 is 1.81 bits per heavy atom. The lowest BCUT2D eigenvalue weighted by Crippen LogP contribution is -2.22. The van der Waals surface area contributed by atoms with Gasteiger partial charge in [-0.1, -0.05) is 42.1 Å². The third kappa shape index (κ3) is 4.94. The van der Waals surface area contributed by atoms with Crippen molar-refractivity contribution in [1.29, 1.82) is 0 Å². The summed E-state index contributed by atoms with van der Waals surface area (Å²) in [6.45, 7) is 1.73. The number of nitrogens with zero attached hydrogens (tertiary/aromatic N) is 2. The summed E-state index contributed by atoms with van der Waals surface area (Å²) in [5.41, 5.74) is 1.38. The second-order valence-corrected chi connectivity index (χ2v) is 8.52. The number of benzene rings is 2. The van der Waals surface area contributed by atoms with Gasteiger partial charge in [0.15, 0.2) is 5.82 Å². The second kappa shape index (κ2) is 7.91. The lowest BCUT2D eigenvalue weighted by atomic mass is 10.2. The quantitative estimate of drug-likeness (QED) is 0.541. The van der Waals surface area contributed by atoms with Crippen molar-refractivity contribution >= 4 is 33.4 Å². The third-order valence-corrected chi connectivity index (χ3v) is 5.50. The van der Waals surface area contributed by atoms with Crippen molar-refractivity contribution in [3.8, 4) is 11.4 Å². The average Bonchev–Trinajstić information content (AvgIpc) is 3.10. The van der Waals surface area contributed by atoms with Crippen LogP contribution in [0.2, 0.25) is 0 Å². The first kappa shape index (κ1) is 19.1. The fraction of sp³-hybridized carbons (Fsp3) is 0.118. The lowest BCUT2D eigenvalue weighted by Gasteiger charge is -2.10. The zero-order valence-corrected chi connectivity index (χ0v) is 15.9. The molecule has 1 amide bonds. The maximum absolute atomic E-state index is 12.3. The summed E-state index contributed by atoms with van der Waals surface area (Å²) in [5.74, 6) is 0.374. The van der Waals surface area contributed by atoms with Crippen LogP contribution < -0.4 is 10.5 Å². The number of primary sulfonamides is 1. The van der Waals surface area contributed by atoms with Crippen molar-refractivity contribution < 1.29 is 13.2 Å². The summed E-state index contributed by atoms with van der Waals surface area (Å²) in [6, 6.07) is 15.2. The Hall–Kier alpha value is -2.69. The number of hydrogen-bond acceptors (Lipinski definition) is 6. The third-order valence-electron chi connectivity index (χ3n) is 3.61.